The van der Waals surface area contributed by atoms with Gasteiger partial charge < -0.3 is 4.42 Å². The number of halogens is 2. The summed E-state index contributed by atoms with van der Waals surface area (Å²) in [5, 5.41) is 10.3. The van der Waals surface area contributed by atoms with Crippen LogP contribution >= 0.6 is 31.9 Å². The van der Waals surface area contributed by atoms with Crippen LogP contribution in [0.3, 0.4) is 0 Å². The first-order valence-electron chi connectivity index (χ1n) is 5.99. The summed E-state index contributed by atoms with van der Waals surface area (Å²) in [6.45, 7) is 0. The molecule has 0 N–H and O–H groups in total. The zero-order valence-electron chi connectivity index (χ0n) is 10.3. The molecule has 0 atom stereocenters. The molecule has 98 valence electrons. The van der Waals surface area contributed by atoms with Gasteiger partial charge in [0.15, 0.2) is 3.23 Å². The van der Waals surface area contributed by atoms with E-state index in [1.54, 1.807) is 6.07 Å². The van der Waals surface area contributed by atoms with Crippen LogP contribution in [-0.4, -0.2) is 0 Å². The second-order valence-corrected chi connectivity index (χ2v) is 7.82. The van der Waals surface area contributed by atoms with Crippen LogP contribution in [0.15, 0.2) is 59.0 Å². The van der Waals surface area contributed by atoms with Crippen molar-refractivity contribution >= 4 is 42.8 Å². The fraction of sp³-hybridized carbons (Fsp3) is 0.0625. The summed E-state index contributed by atoms with van der Waals surface area (Å²) in [7, 11) is 0. The smallest absolute Gasteiger partial charge is 0.164 e. The van der Waals surface area contributed by atoms with Crippen molar-refractivity contribution < 1.29 is 4.42 Å². The molecule has 0 bridgehead atoms. The quantitative estimate of drug-likeness (QED) is 0.557. The van der Waals surface area contributed by atoms with Crippen LogP contribution in [0.2, 0.25) is 0 Å². The summed E-state index contributed by atoms with van der Waals surface area (Å²) in [6.07, 6.45) is 0. The summed E-state index contributed by atoms with van der Waals surface area (Å²) in [5.74, 6) is 0.710. The first kappa shape index (κ1) is 13.4. The van der Waals surface area contributed by atoms with Gasteiger partial charge in [0.2, 0.25) is 0 Å². The van der Waals surface area contributed by atoms with Gasteiger partial charge in [0, 0.05) is 10.9 Å². The monoisotopic (exact) mass is 389 g/mol. The van der Waals surface area contributed by atoms with Gasteiger partial charge in [-0.3, -0.25) is 0 Å². The topological polar surface area (TPSA) is 36.9 Å². The first-order chi connectivity index (χ1) is 9.63. The molecule has 0 radical (unpaired) electrons. The Morgan fingerprint density at radius 2 is 1.70 bits per heavy atom. The molecular formula is C16H9Br2NO. The Hall–Kier alpha value is -1.57. The molecule has 3 rings (SSSR count). The normalized spacial score (nSPS) is 11.4. The lowest BCUT2D eigenvalue weighted by atomic mass is 10.0. The van der Waals surface area contributed by atoms with E-state index in [4.69, 9.17) is 4.42 Å². The number of hydrogen-bond donors (Lipinski definition) is 0. The summed E-state index contributed by atoms with van der Waals surface area (Å²) in [5.41, 5.74) is 2.24. The maximum atomic E-state index is 9.25. The molecule has 0 spiro atoms. The van der Waals surface area contributed by atoms with Crippen LogP contribution < -0.4 is 0 Å². The van der Waals surface area contributed by atoms with Crippen LogP contribution in [0.4, 0.5) is 0 Å². The fourth-order valence-corrected chi connectivity index (χ4v) is 3.21. The standard InChI is InChI=1S/C16H9Br2NO/c17-16(18,13-7-3-1-6-12(13)10-19)15-9-11-5-2-4-8-14(11)20-15/h1-9H. The highest BCUT2D eigenvalue weighted by atomic mass is 79.9. The number of nitriles is 1. The van der Waals surface area contributed by atoms with Crippen molar-refractivity contribution in [2.45, 2.75) is 3.23 Å². The van der Waals surface area contributed by atoms with Gasteiger partial charge >= 0.3 is 0 Å². The minimum Gasteiger partial charge on any atom is -0.458 e. The second kappa shape index (κ2) is 5.08. The van der Waals surface area contributed by atoms with E-state index in [0.717, 1.165) is 16.5 Å². The van der Waals surface area contributed by atoms with E-state index in [-0.39, 0.29) is 0 Å². The average Bonchev–Trinajstić information content (AvgIpc) is 2.92. The summed E-state index contributed by atoms with van der Waals surface area (Å²) in [4.78, 5) is 0. The molecule has 0 amide bonds. The SMILES string of the molecule is N#Cc1ccccc1C(Br)(Br)c1cc2ccccc2o1. The second-order valence-electron chi connectivity index (χ2n) is 4.38. The lowest BCUT2D eigenvalue weighted by Gasteiger charge is -2.19. The van der Waals surface area contributed by atoms with Crippen LogP contribution in [0.5, 0.6) is 0 Å². The van der Waals surface area contributed by atoms with Gasteiger partial charge in [-0.2, -0.15) is 5.26 Å². The third-order valence-electron chi connectivity index (χ3n) is 3.12. The van der Waals surface area contributed by atoms with E-state index < -0.39 is 3.23 Å². The number of alkyl halides is 2. The molecule has 0 aliphatic carbocycles. The van der Waals surface area contributed by atoms with Crippen LogP contribution in [0.25, 0.3) is 11.0 Å². The molecule has 20 heavy (non-hydrogen) atoms. The molecule has 4 heteroatoms. The van der Waals surface area contributed by atoms with Crippen molar-refractivity contribution in [3.05, 3.63) is 71.5 Å². The van der Waals surface area contributed by atoms with Gasteiger partial charge in [-0.25, -0.2) is 0 Å². The molecule has 0 aliphatic heterocycles. The van der Waals surface area contributed by atoms with Crippen molar-refractivity contribution in [3.63, 3.8) is 0 Å². The Morgan fingerprint density at radius 3 is 2.45 bits per heavy atom. The zero-order chi connectivity index (χ0) is 14.2. The van der Waals surface area contributed by atoms with Gasteiger partial charge in [-0.15, -0.1) is 0 Å². The van der Waals surface area contributed by atoms with E-state index in [2.05, 4.69) is 37.9 Å². The zero-order valence-corrected chi connectivity index (χ0v) is 13.5. The van der Waals surface area contributed by atoms with Gasteiger partial charge in [-0.05, 0) is 18.2 Å². The number of nitrogens with zero attached hydrogens (tertiary/aromatic N) is 1. The molecule has 3 aromatic rings. The number of hydrogen-bond acceptors (Lipinski definition) is 2. The maximum Gasteiger partial charge on any atom is 0.164 e. The molecule has 0 aliphatic rings. The Labute approximate surface area is 133 Å². The Kier molecular flexibility index (Phi) is 3.41. The maximum absolute atomic E-state index is 9.25. The number of rotatable bonds is 2. The van der Waals surface area contributed by atoms with Gasteiger partial charge in [0.1, 0.15) is 11.3 Å². The number of fused-ring (bicyclic) bond motifs is 1. The lowest BCUT2D eigenvalue weighted by Crippen LogP contribution is -2.11. The van der Waals surface area contributed by atoms with Crippen LogP contribution in [-0.2, 0) is 3.23 Å². The van der Waals surface area contributed by atoms with E-state index >= 15 is 0 Å². The van der Waals surface area contributed by atoms with Gasteiger partial charge in [0.05, 0.1) is 11.6 Å². The van der Waals surface area contributed by atoms with E-state index in [0.29, 0.717) is 11.3 Å². The highest BCUT2D eigenvalue weighted by Gasteiger charge is 2.33. The van der Waals surface area contributed by atoms with E-state index in [1.165, 1.54) is 0 Å². The Balaban J connectivity index is 2.18. The molecule has 0 unspecified atom stereocenters. The van der Waals surface area contributed by atoms with Crippen molar-refractivity contribution in [3.8, 4) is 6.07 Å². The largest absolute Gasteiger partial charge is 0.458 e. The molecule has 2 nitrogen and oxygen atoms in total. The summed E-state index contributed by atoms with van der Waals surface area (Å²) >= 11 is 7.28. The number of para-hydroxylation sites is 1. The van der Waals surface area contributed by atoms with E-state index in [1.807, 2.05) is 48.5 Å². The van der Waals surface area contributed by atoms with Crippen LogP contribution in [0.1, 0.15) is 16.9 Å². The highest BCUT2D eigenvalue weighted by molar-refractivity contribution is 9.25. The minimum absolute atomic E-state index is 0.599. The molecule has 0 saturated heterocycles. The summed E-state index contributed by atoms with van der Waals surface area (Å²) in [6, 6.07) is 19.4. The number of furan rings is 1. The molecule has 0 fully saturated rings. The number of benzene rings is 2. The van der Waals surface area contributed by atoms with Crippen molar-refractivity contribution in [2.24, 2.45) is 0 Å². The van der Waals surface area contributed by atoms with E-state index in [9.17, 15) is 5.26 Å². The van der Waals surface area contributed by atoms with Crippen molar-refractivity contribution in [1.29, 1.82) is 5.26 Å². The van der Waals surface area contributed by atoms with Crippen molar-refractivity contribution in [1.82, 2.24) is 0 Å². The molecule has 2 aromatic carbocycles. The summed E-state index contributed by atoms with van der Waals surface area (Å²) < 4.78 is 5.17. The van der Waals surface area contributed by atoms with Crippen molar-refractivity contribution in [2.75, 3.05) is 0 Å². The average molecular weight is 391 g/mol. The molecular weight excluding hydrogens is 382 g/mol. The van der Waals surface area contributed by atoms with Crippen LogP contribution in [0, 0.1) is 11.3 Å². The highest BCUT2D eigenvalue weighted by Crippen LogP contribution is 2.47. The minimum atomic E-state index is -0.717. The predicted molar refractivity (Wildman–Crippen MR) is 86.0 cm³/mol. The molecule has 1 aromatic heterocycles. The van der Waals surface area contributed by atoms with Gasteiger partial charge in [0.25, 0.3) is 0 Å². The Morgan fingerprint density at radius 1 is 1.00 bits per heavy atom. The Bertz CT molecular complexity index is 781. The van der Waals surface area contributed by atoms with Gasteiger partial charge in [-0.1, -0.05) is 68.3 Å². The molecule has 0 saturated carbocycles. The third-order valence-corrected chi connectivity index (χ3v) is 4.76. The predicted octanol–water partition coefficient (Wildman–Crippen LogP) is 5.30. The molecule has 1 heterocycles. The third kappa shape index (κ3) is 2.17. The fourth-order valence-electron chi connectivity index (χ4n) is 2.12. The lowest BCUT2D eigenvalue weighted by molar-refractivity contribution is 0.554. The first-order valence-corrected chi connectivity index (χ1v) is 7.58.